The number of aryl methyl sites for hydroxylation is 1. The topological polar surface area (TPSA) is 32.9 Å². The van der Waals surface area contributed by atoms with Gasteiger partial charge in [-0.1, -0.05) is 0 Å². The van der Waals surface area contributed by atoms with Gasteiger partial charge >= 0.3 is 6.18 Å². The molecule has 0 amide bonds. The fraction of sp³-hybridized carbons (Fsp3) is 0.158. The summed E-state index contributed by atoms with van der Waals surface area (Å²) < 4.78 is 53.8. The molecule has 27 heavy (non-hydrogen) atoms. The molecule has 0 saturated carbocycles. The molecule has 8 heteroatoms. The molecule has 138 valence electrons. The summed E-state index contributed by atoms with van der Waals surface area (Å²) in [6, 6.07) is 7.60. The summed E-state index contributed by atoms with van der Waals surface area (Å²) in [5.41, 5.74) is 2.43. The first-order chi connectivity index (χ1) is 12.8. The van der Waals surface area contributed by atoms with Crippen LogP contribution in [-0.2, 0) is 6.18 Å². The summed E-state index contributed by atoms with van der Waals surface area (Å²) in [6.45, 7) is 2.17. The number of hydrogen-bond donors (Lipinski definition) is 0. The van der Waals surface area contributed by atoms with Gasteiger partial charge in [-0.2, -0.15) is 18.3 Å². The van der Waals surface area contributed by atoms with Gasteiger partial charge in [0, 0.05) is 29.7 Å². The van der Waals surface area contributed by atoms with E-state index in [-0.39, 0.29) is 0 Å². The minimum atomic E-state index is -4.39. The van der Waals surface area contributed by atoms with E-state index < -0.39 is 17.6 Å². The SMILES string of the molecule is Cc1nn2ccc(F)cc2c1C1=CN=CCN1c1ccc(C(F)(F)F)cc1. The number of hydrogen-bond acceptors (Lipinski definition) is 3. The molecular formula is C19H14F4N4. The van der Waals surface area contributed by atoms with Crippen molar-refractivity contribution in [2.45, 2.75) is 13.1 Å². The molecule has 4 rings (SSSR count). The van der Waals surface area contributed by atoms with E-state index in [1.54, 1.807) is 23.9 Å². The number of rotatable bonds is 2. The molecule has 0 bridgehead atoms. The van der Waals surface area contributed by atoms with Crippen LogP contribution < -0.4 is 4.90 Å². The lowest BCUT2D eigenvalue weighted by atomic mass is 10.1. The van der Waals surface area contributed by atoms with E-state index in [1.165, 1.54) is 30.5 Å². The number of nitrogens with zero attached hydrogens (tertiary/aromatic N) is 4. The highest BCUT2D eigenvalue weighted by Gasteiger charge is 2.30. The number of halogens is 4. The molecular weight excluding hydrogens is 360 g/mol. The Morgan fingerprint density at radius 3 is 2.52 bits per heavy atom. The van der Waals surface area contributed by atoms with Crippen LogP contribution in [0.5, 0.6) is 0 Å². The number of aliphatic imine (C=N–C) groups is 1. The van der Waals surface area contributed by atoms with Crippen LogP contribution in [0.4, 0.5) is 23.2 Å². The van der Waals surface area contributed by atoms with Crippen LogP contribution in [0.25, 0.3) is 11.2 Å². The third-order valence-corrected chi connectivity index (χ3v) is 4.39. The predicted molar refractivity (Wildman–Crippen MR) is 95.1 cm³/mol. The summed E-state index contributed by atoms with van der Waals surface area (Å²) >= 11 is 0. The minimum absolute atomic E-state index is 0.378. The van der Waals surface area contributed by atoms with Crippen molar-refractivity contribution in [1.82, 2.24) is 9.61 Å². The van der Waals surface area contributed by atoms with Crippen molar-refractivity contribution in [2.24, 2.45) is 4.99 Å². The van der Waals surface area contributed by atoms with E-state index in [9.17, 15) is 17.6 Å². The molecule has 0 aliphatic carbocycles. The second-order valence-electron chi connectivity index (χ2n) is 6.14. The maximum Gasteiger partial charge on any atom is 0.416 e. The van der Waals surface area contributed by atoms with Crippen molar-refractivity contribution in [3.05, 3.63) is 71.4 Å². The van der Waals surface area contributed by atoms with Crippen LogP contribution in [0, 0.1) is 12.7 Å². The van der Waals surface area contributed by atoms with Crippen LogP contribution in [0.3, 0.4) is 0 Å². The van der Waals surface area contributed by atoms with Crippen molar-refractivity contribution in [3.8, 4) is 0 Å². The van der Waals surface area contributed by atoms with Crippen LogP contribution in [0.1, 0.15) is 16.8 Å². The number of anilines is 1. The minimum Gasteiger partial charge on any atom is -0.334 e. The van der Waals surface area contributed by atoms with E-state index in [1.807, 2.05) is 4.90 Å². The highest BCUT2D eigenvalue weighted by atomic mass is 19.4. The predicted octanol–water partition coefficient (Wildman–Crippen LogP) is 4.69. The van der Waals surface area contributed by atoms with Crippen molar-refractivity contribution in [1.29, 1.82) is 0 Å². The Morgan fingerprint density at radius 2 is 1.81 bits per heavy atom. The lowest BCUT2D eigenvalue weighted by molar-refractivity contribution is -0.137. The third kappa shape index (κ3) is 3.07. The Morgan fingerprint density at radius 1 is 1.07 bits per heavy atom. The first-order valence-electron chi connectivity index (χ1n) is 8.16. The molecule has 0 fully saturated rings. The van der Waals surface area contributed by atoms with Gasteiger partial charge in [0.15, 0.2) is 0 Å². The summed E-state index contributed by atoms with van der Waals surface area (Å²) in [5, 5.41) is 4.39. The van der Waals surface area contributed by atoms with Crippen LogP contribution in [0.2, 0.25) is 0 Å². The molecule has 0 saturated heterocycles. The first kappa shape index (κ1) is 17.3. The average molecular weight is 374 g/mol. The molecule has 1 aliphatic rings. The Kier molecular flexibility index (Phi) is 3.98. The van der Waals surface area contributed by atoms with Gasteiger partial charge in [-0.05, 0) is 37.3 Å². The Bertz CT molecular complexity index is 1060. The van der Waals surface area contributed by atoms with Gasteiger partial charge in [0.25, 0.3) is 0 Å². The molecule has 2 aromatic heterocycles. The van der Waals surface area contributed by atoms with Gasteiger partial charge in [-0.15, -0.1) is 0 Å². The second kappa shape index (κ2) is 6.22. The van der Waals surface area contributed by atoms with E-state index in [4.69, 9.17) is 0 Å². The molecule has 1 aliphatic heterocycles. The van der Waals surface area contributed by atoms with Crippen LogP contribution >= 0.6 is 0 Å². The van der Waals surface area contributed by atoms with Gasteiger partial charge in [0.1, 0.15) is 5.82 Å². The molecule has 0 unspecified atom stereocenters. The van der Waals surface area contributed by atoms with Crippen LogP contribution in [0.15, 0.2) is 53.8 Å². The van der Waals surface area contributed by atoms with Crippen molar-refractivity contribution in [2.75, 3.05) is 11.4 Å². The maximum absolute atomic E-state index is 13.8. The monoisotopic (exact) mass is 374 g/mol. The molecule has 0 N–H and O–H groups in total. The Balaban J connectivity index is 1.80. The number of benzene rings is 1. The molecule has 3 heterocycles. The average Bonchev–Trinajstić information content (AvgIpc) is 2.96. The lowest BCUT2D eigenvalue weighted by Crippen LogP contribution is -2.26. The van der Waals surface area contributed by atoms with Gasteiger partial charge in [0.2, 0.25) is 0 Å². The number of pyridine rings is 1. The van der Waals surface area contributed by atoms with Gasteiger partial charge in [0.05, 0.1) is 35.2 Å². The molecule has 0 spiro atoms. The largest absolute Gasteiger partial charge is 0.416 e. The van der Waals surface area contributed by atoms with Crippen LogP contribution in [-0.4, -0.2) is 22.4 Å². The van der Waals surface area contributed by atoms with Gasteiger partial charge in [-0.25, -0.2) is 8.91 Å². The first-order valence-corrected chi connectivity index (χ1v) is 8.16. The normalized spacial score (nSPS) is 14.7. The fourth-order valence-corrected chi connectivity index (χ4v) is 3.15. The Hall–Kier alpha value is -3.16. The van der Waals surface area contributed by atoms with Crippen molar-refractivity contribution < 1.29 is 17.6 Å². The summed E-state index contributed by atoms with van der Waals surface area (Å²) in [5.74, 6) is -0.398. The standard InChI is InChI=1S/C19H14F4N4/c1-12-18(16-10-14(20)6-8-27(16)25-12)17-11-24-7-9-26(17)15-4-2-13(3-5-15)19(21,22)23/h2-8,10-11H,9H2,1H3. The smallest absolute Gasteiger partial charge is 0.334 e. The molecule has 4 nitrogen and oxygen atoms in total. The summed E-state index contributed by atoms with van der Waals surface area (Å²) in [4.78, 5) is 6.00. The summed E-state index contributed by atoms with van der Waals surface area (Å²) in [6.07, 6.45) is 0.395. The van der Waals surface area contributed by atoms with E-state index in [0.29, 0.717) is 34.7 Å². The quantitative estimate of drug-likeness (QED) is 0.610. The van der Waals surface area contributed by atoms with E-state index in [0.717, 1.165) is 12.1 Å². The highest BCUT2D eigenvalue weighted by molar-refractivity contribution is 5.92. The zero-order chi connectivity index (χ0) is 19.2. The number of aromatic nitrogens is 2. The van der Waals surface area contributed by atoms with Gasteiger partial charge in [-0.3, -0.25) is 4.99 Å². The maximum atomic E-state index is 13.8. The van der Waals surface area contributed by atoms with Crippen molar-refractivity contribution in [3.63, 3.8) is 0 Å². The number of alkyl halides is 3. The molecule has 3 aromatic rings. The third-order valence-electron chi connectivity index (χ3n) is 4.39. The van der Waals surface area contributed by atoms with Gasteiger partial charge < -0.3 is 4.90 Å². The summed E-state index contributed by atoms with van der Waals surface area (Å²) in [7, 11) is 0. The fourth-order valence-electron chi connectivity index (χ4n) is 3.15. The molecule has 1 aromatic carbocycles. The van der Waals surface area contributed by atoms with Crippen molar-refractivity contribution >= 4 is 23.1 Å². The van der Waals surface area contributed by atoms with E-state index in [2.05, 4.69) is 10.1 Å². The number of fused-ring (bicyclic) bond motifs is 1. The lowest BCUT2D eigenvalue weighted by Gasteiger charge is -2.28. The molecule has 0 radical (unpaired) electrons. The zero-order valence-electron chi connectivity index (χ0n) is 14.2. The second-order valence-corrected chi connectivity index (χ2v) is 6.14. The Labute approximate surface area is 152 Å². The zero-order valence-corrected chi connectivity index (χ0v) is 14.2. The molecule has 0 atom stereocenters. The highest BCUT2D eigenvalue weighted by Crippen LogP contribution is 2.35. The van der Waals surface area contributed by atoms with E-state index >= 15 is 0 Å².